The normalized spacial score (nSPS) is 10.1. The van der Waals surface area contributed by atoms with Crippen molar-refractivity contribution in [1.29, 1.82) is 0 Å². The number of fused-ring (bicyclic) bond motifs is 1. The zero-order chi connectivity index (χ0) is 21.5. The van der Waals surface area contributed by atoms with Crippen molar-refractivity contribution in [1.82, 2.24) is 9.38 Å². The van der Waals surface area contributed by atoms with E-state index in [9.17, 15) is 9.18 Å². The van der Waals surface area contributed by atoms with Crippen LogP contribution in [0.4, 0.5) is 14.9 Å². The number of aromatic nitrogens is 2. The summed E-state index contributed by atoms with van der Waals surface area (Å²) in [4.78, 5) is 24.3. The third-order valence-electron chi connectivity index (χ3n) is 4.28. The maximum absolute atomic E-state index is 13.1. The van der Waals surface area contributed by atoms with Gasteiger partial charge in [-0.3, -0.25) is 14.5 Å². The zero-order valence-electron chi connectivity index (χ0n) is 15.9. The van der Waals surface area contributed by atoms with E-state index in [-0.39, 0.29) is 12.3 Å². The maximum atomic E-state index is 13.1. The minimum Gasteiger partial charge on any atom is -0.483 e. The number of ether oxygens (including phenoxy) is 1. The molecule has 0 saturated heterocycles. The Hall–Kier alpha value is -4.20. The van der Waals surface area contributed by atoms with Crippen molar-refractivity contribution in [2.75, 3.05) is 12.4 Å². The van der Waals surface area contributed by atoms with Gasteiger partial charge in [0.1, 0.15) is 11.5 Å². The Balaban J connectivity index is 0.000000806. The lowest BCUT2D eigenvalue weighted by molar-refractivity contribution is -0.122. The molecule has 2 aromatic heterocycles. The molecule has 0 aliphatic carbocycles. The first kappa shape index (κ1) is 20.5. The number of nitrogens with zero attached hydrogens (tertiary/aromatic N) is 2. The van der Waals surface area contributed by atoms with Crippen LogP contribution < -0.4 is 5.32 Å². The number of hydrogen-bond donors (Lipinski definition) is 2. The van der Waals surface area contributed by atoms with Crippen LogP contribution in [0.15, 0.2) is 73.1 Å². The number of amides is 1. The van der Waals surface area contributed by atoms with E-state index < -0.39 is 6.09 Å². The van der Waals surface area contributed by atoms with Gasteiger partial charge in [0, 0.05) is 17.4 Å². The van der Waals surface area contributed by atoms with Gasteiger partial charge >= 0.3 is 6.09 Å². The highest BCUT2D eigenvalue weighted by Gasteiger charge is 2.09. The van der Waals surface area contributed by atoms with E-state index in [4.69, 9.17) is 9.90 Å². The fourth-order valence-electron chi connectivity index (χ4n) is 2.94. The first-order valence-corrected chi connectivity index (χ1v) is 8.82. The van der Waals surface area contributed by atoms with Crippen LogP contribution in [0.5, 0.6) is 0 Å². The lowest BCUT2D eigenvalue weighted by Crippen LogP contribution is -2.10. The summed E-state index contributed by atoms with van der Waals surface area (Å²) in [7, 11) is 1.32. The molecule has 4 aromatic rings. The molecule has 7 nitrogen and oxygen atoms in total. The number of methoxy groups -OCH3 is 1. The second-order valence-corrected chi connectivity index (χ2v) is 6.10. The van der Waals surface area contributed by atoms with Gasteiger partial charge in [0.25, 0.3) is 6.47 Å². The summed E-state index contributed by atoms with van der Waals surface area (Å²) in [5, 5.41) is 9.54. The van der Waals surface area contributed by atoms with Crippen molar-refractivity contribution in [3.63, 3.8) is 0 Å². The van der Waals surface area contributed by atoms with Crippen molar-refractivity contribution < 1.29 is 23.8 Å². The van der Waals surface area contributed by atoms with Gasteiger partial charge in [0.2, 0.25) is 0 Å². The Kier molecular flexibility index (Phi) is 6.39. The summed E-state index contributed by atoms with van der Waals surface area (Å²) in [6, 6.07) is 17.7. The second kappa shape index (κ2) is 9.33. The number of hydrogen-bond acceptors (Lipinski definition) is 4. The molecule has 8 heteroatoms. The molecule has 0 spiro atoms. The molecular formula is C22H18FN3O4. The van der Waals surface area contributed by atoms with Gasteiger partial charge in [-0.25, -0.2) is 14.2 Å². The summed E-state index contributed by atoms with van der Waals surface area (Å²) in [5.74, 6) is -0.261. The lowest BCUT2D eigenvalue weighted by atomic mass is 10.1. The SMILES string of the molecule is COC(=O)Nc1cccc(-c2cnc3cc(-c4ccc(F)cc4)ccn23)c1.O=CO. The van der Waals surface area contributed by atoms with Crippen molar-refractivity contribution in [3.8, 4) is 22.4 Å². The number of rotatable bonds is 3. The number of carbonyl (C=O) groups is 2. The van der Waals surface area contributed by atoms with Gasteiger partial charge in [0.15, 0.2) is 0 Å². The lowest BCUT2D eigenvalue weighted by Gasteiger charge is -2.07. The summed E-state index contributed by atoms with van der Waals surface area (Å²) in [6.45, 7) is -0.250. The maximum Gasteiger partial charge on any atom is 0.411 e. The predicted octanol–water partition coefficient (Wildman–Crippen LogP) is 4.69. The quantitative estimate of drug-likeness (QED) is 0.481. The molecule has 0 unspecified atom stereocenters. The van der Waals surface area contributed by atoms with Gasteiger partial charge in [-0.05, 0) is 47.5 Å². The van der Waals surface area contributed by atoms with E-state index in [0.717, 1.165) is 28.0 Å². The van der Waals surface area contributed by atoms with E-state index in [2.05, 4.69) is 15.0 Å². The van der Waals surface area contributed by atoms with Crippen molar-refractivity contribution in [2.45, 2.75) is 0 Å². The van der Waals surface area contributed by atoms with Crippen LogP contribution in [0.25, 0.3) is 28.0 Å². The van der Waals surface area contributed by atoms with Crippen molar-refractivity contribution in [2.24, 2.45) is 0 Å². The number of benzene rings is 2. The standard InChI is InChI=1S/C21H16FN3O2.CH2O2/c1-27-21(26)24-18-4-2-3-16(11-18)19-13-23-20-12-15(9-10-25(19)20)14-5-7-17(22)8-6-14;2-1-3/h2-13H,1H3,(H,24,26);1H,(H,2,3). The number of pyridine rings is 1. The summed E-state index contributed by atoms with van der Waals surface area (Å²) in [6.07, 6.45) is 3.19. The fourth-order valence-corrected chi connectivity index (χ4v) is 2.94. The summed E-state index contributed by atoms with van der Waals surface area (Å²) < 4.78 is 19.7. The number of carbonyl (C=O) groups excluding carboxylic acids is 1. The minimum atomic E-state index is -0.519. The Morgan fingerprint density at radius 1 is 1.10 bits per heavy atom. The molecule has 0 aliphatic rings. The van der Waals surface area contributed by atoms with E-state index in [1.165, 1.54) is 19.2 Å². The molecular weight excluding hydrogens is 389 g/mol. The Bertz CT molecular complexity index is 1170. The largest absolute Gasteiger partial charge is 0.483 e. The van der Waals surface area contributed by atoms with Crippen LogP contribution in [-0.2, 0) is 9.53 Å². The first-order chi connectivity index (χ1) is 14.5. The molecule has 0 fully saturated rings. The number of imidazole rings is 1. The van der Waals surface area contributed by atoms with Gasteiger partial charge in [-0.15, -0.1) is 0 Å². The number of halogens is 1. The van der Waals surface area contributed by atoms with Crippen molar-refractivity contribution in [3.05, 3.63) is 78.9 Å². The van der Waals surface area contributed by atoms with Crippen LogP contribution in [0, 0.1) is 5.82 Å². The predicted molar refractivity (Wildman–Crippen MR) is 111 cm³/mol. The van der Waals surface area contributed by atoms with Gasteiger partial charge in [0.05, 0.1) is 19.0 Å². The molecule has 0 atom stereocenters. The molecule has 2 heterocycles. The fraction of sp³-hybridized carbons (Fsp3) is 0.0455. The van der Waals surface area contributed by atoms with Crippen LogP contribution >= 0.6 is 0 Å². The highest BCUT2D eigenvalue weighted by molar-refractivity contribution is 5.85. The second-order valence-electron chi connectivity index (χ2n) is 6.10. The van der Waals surface area contributed by atoms with Crippen molar-refractivity contribution >= 4 is 23.9 Å². The smallest absolute Gasteiger partial charge is 0.411 e. The summed E-state index contributed by atoms with van der Waals surface area (Å²) >= 11 is 0. The molecule has 0 radical (unpaired) electrons. The zero-order valence-corrected chi connectivity index (χ0v) is 15.9. The first-order valence-electron chi connectivity index (χ1n) is 8.82. The third kappa shape index (κ3) is 4.61. The molecule has 4 rings (SSSR count). The number of anilines is 1. The molecule has 0 aliphatic heterocycles. The van der Waals surface area contributed by atoms with E-state index >= 15 is 0 Å². The minimum absolute atomic E-state index is 0.250. The average Bonchev–Trinajstić information content (AvgIpc) is 3.18. The third-order valence-corrected chi connectivity index (χ3v) is 4.28. The van der Waals surface area contributed by atoms with Crippen LogP contribution in [0.2, 0.25) is 0 Å². The van der Waals surface area contributed by atoms with Crippen LogP contribution in [-0.4, -0.2) is 34.2 Å². The molecule has 2 aromatic carbocycles. The van der Waals surface area contributed by atoms with E-state index in [0.29, 0.717) is 5.69 Å². The molecule has 2 N–H and O–H groups in total. The van der Waals surface area contributed by atoms with Gasteiger partial charge in [-0.2, -0.15) is 0 Å². The van der Waals surface area contributed by atoms with E-state index in [1.807, 2.05) is 40.9 Å². The average molecular weight is 407 g/mol. The number of nitrogens with one attached hydrogen (secondary N) is 1. The van der Waals surface area contributed by atoms with E-state index in [1.54, 1.807) is 24.4 Å². The Morgan fingerprint density at radius 3 is 2.53 bits per heavy atom. The molecule has 0 saturated carbocycles. The highest BCUT2D eigenvalue weighted by atomic mass is 19.1. The Labute approximate surface area is 171 Å². The summed E-state index contributed by atoms with van der Waals surface area (Å²) in [5.41, 5.74) is 5.10. The topological polar surface area (TPSA) is 92.9 Å². The van der Waals surface area contributed by atoms with Crippen LogP contribution in [0.3, 0.4) is 0 Å². The van der Waals surface area contributed by atoms with Crippen LogP contribution in [0.1, 0.15) is 0 Å². The van der Waals surface area contributed by atoms with Gasteiger partial charge < -0.3 is 9.84 Å². The Morgan fingerprint density at radius 2 is 1.83 bits per heavy atom. The highest BCUT2D eigenvalue weighted by Crippen LogP contribution is 2.27. The number of carboxylic acid groups (broad SMARTS) is 1. The molecule has 1 amide bonds. The molecule has 152 valence electrons. The monoisotopic (exact) mass is 407 g/mol. The molecule has 30 heavy (non-hydrogen) atoms. The molecule has 0 bridgehead atoms. The van der Waals surface area contributed by atoms with Gasteiger partial charge in [-0.1, -0.05) is 24.3 Å².